The molecule has 4 nitrogen and oxygen atoms in total. The third-order valence-corrected chi connectivity index (χ3v) is 0.201. The summed E-state index contributed by atoms with van der Waals surface area (Å²) in [5, 5.41) is 9.11. The van der Waals surface area contributed by atoms with Gasteiger partial charge in [0.2, 0.25) is 0 Å². The minimum Gasteiger partial charge on any atom is -0.540 e. The summed E-state index contributed by atoms with van der Waals surface area (Å²) in [5.74, 6) is -3.29. The Bertz CT molecular complexity index is 78.9. The standard InChI is InChI=1S/C2H3NO3.Li/c3-1(4)2(5)6;/h(H2,3,4)(H,5,6);/q;+1/p-1. The molecule has 0 aliphatic heterocycles. The van der Waals surface area contributed by atoms with Crippen molar-refractivity contribution in [3.05, 3.63) is 0 Å². The van der Waals surface area contributed by atoms with Crippen molar-refractivity contribution in [2.75, 3.05) is 0 Å². The number of rotatable bonds is 0. The Morgan fingerprint density at radius 1 is 1.43 bits per heavy atom. The molecule has 7 heavy (non-hydrogen) atoms. The summed E-state index contributed by atoms with van der Waals surface area (Å²) in [4.78, 5) is 18.4. The molecule has 0 aromatic carbocycles. The second kappa shape index (κ2) is 3.72. The topological polar surface area (TPSA) is 83.2 Å². The maximum absolute atomic E-state index is 9.26. The quantitative estimate of drug-likeness (QED) is 0.240. The summed E-state index contributed by atoms with van der Waals surface area (Å²) in [6, 6.07) is 0. The maximum Gasteiger partial charge on any atom is 1.00 e. The van der Waals surface area contributed by atoms with Crippen LogP contribution in [0.5, 0.6) is 0 Å². The van der Waals surface area contributed by atoms with Gasteiger partial charge in [-0.15, -0.1) is 0 Å². The summed E-state index contributed by atoms with van der Waals surface area (Å²) in [5.41, 5.74) is 4.13. The monoisotopic (exact) mass is 95.0 g/mol. The fourth-order valence-electron chi connectivity index (χ4n) is 0. The van der Waals surface area contributed by atoms with Gasteiger partial charge in [0.25, 0.3) is 5.91 Å². The van der Waals surface area contributed by atoms with Gasteiger partial charge >= 0.3 is 18.9 Å². The first-order valence-corrected chi connectivity index (χ1v) is 1.15. The van der Waals surface area contributed by atoms with Crippen molar-refractivity contribution in [3.8, 4) is 0 Å². The molecule has 0 heterocycles. The van der Waals surface area contributed by atoms with Crippen LogP contribution < -0.4 is 29.7 Å². The predicted molar refractivity (Wildman–Crippen MR) is 14.2 cm³/mol. The van der Waals surface area contributed by atoms with Crippen LogP contribution in [0.4, 0.5) is 0 Å². The molecule has 0 radical (unpaired) electrons. The van der Waals surface area contributed by atoms with E-state index in [1.807, 2.05) is 0 Å². The average molecular weight is 95.0 g/mol. The van der Waals surface area contributed by atoms with Gasteiger partial charge < -0.3 is 15.6 Å². The van der Waals surface area contributed by atoms with Crippen molar-refractivity contribution in [1.29, 1.82) is 0 Å². The summed E-state index contributed by atoms with van der Waals surface area (Å²) >= 11 is 0. The SMILES string of the molecule is NC(=O)C(=O)[O-].[Li+]. The van der Waals surface area contributed by atoms with E-state index in [-0.39, 0.29) is 18.9 Å². The fraction of sp³-hybridized carbons (Fsp3) is 0. The zero-order chi connectivity index (χ0) is 5.15. The molecule has 0 saturated heterocycles. The van der Waals surface area contributed by atoms with Crippen molar-refractivity contribution in [1.82, 2.24) is 0 Å². The number of nitrogens with two attached hydrogens (primary N) is 1. The summed E-state index contributed by atoms with van der Waals surface area (Å²) in [6.07, 6.45) is 0. The van der Waals surface area contributed by atoms with Crippen molar-refractivity contribution < 1.29 is 33.6 Å². The molecule has 5 heteroatoms. The molecule has 0 spiro atoms. The number of hydrogen-bond acceptors (Lipinski definition) is 3. The largest absolute Gasteiger partial charge is 1.00 e. The van der Waals surface area contributed by atoms with E-state index in [1.165, 1.54) is 0 Å². The molecule has 2 N–H and O–H groups in total. The van der Waals surface area contributed by atoms with E-state index in [4.69, 9.17) is 9.90 Å². The number of hydrogen-bond donors (Lipinski definition) is 1. The molecule has 1 amide bonds. The molecule has 0 bridgehead atoms. The van der Waals surface area contributed by atoms with E-state index >= 15 is 0 Å². The molecule has 0 aliphatic rings. The summed E-state index contributed by atoms with van der Waals surface area (Å²) < 4.78 is 0. The smallest absolute Gasteiger partial charge is 0.540 e. The Morgan fingerprint density at radius 3 is 1.57 bits per heavy atom. The van der Waals surface area contributed by atoms with E-state index in [1.54, 1.807) is 0 Å². The molecule has 34 valence electrons. The first kappa shape index (κ1) is 9.74. The van der Waals surface area contributed by atoms with Crippen LogP contribution in [0.1, 0.15) is 0 Å². The second-order valence-corrected chi connectivity index (χ2v) is 0.652. The van der Waals surface area contributed by atoms with Crippen LogP contribution in [-0.4, -0.2) is 11.9 Å². The van der Waals surface area contributed by atoms with Crippen LogP contribution in [0.25, 0.3) is 0 Å². The van der Waals surface area contributed by atoms with Gasteiger partial charge in [-0.3, -0.25) is 4.79 Å². The predicted octanol–water partition coefficient (Wildman–Crippen LogP) is -5.77. The van der Waals surface area contributed by atoms with E-state index in [0.29, 0.717) is 0 Å². The molecule has 0 atom stereocenters. The van der Waals surface area contributed by atoms with E-state index < -0.39 is 11.9 Å². The van der Waals surface area contributed by atoms with Crippen LogP contribution in [0, 0.1) is 0 Å². The van der Waals surface area contributed by atoms with Crippen LogP contribution >= 0.6 is 0 Å². The fourth-order valence-corrected chi connectivity index (χ4v) is 0. The van der Waals surface area contributed by atoms with Gasteiger partial charge in [-0.1, -0.05) is 0 Å². The van der Waals surface area contributed by atoms with Crippen LogP contribution in [-0.2, 0) is 9.59 Å². The minimum atomic E-state index is -1.85. The Labute approximate surface area is 51.9 Å². The number of aliphatic carboxylic acids is 1. The zero-order valence-electron chi connectivity index (χ0n) is 3.80. The molecule has 0 aromatic heterocycles. The Kier molecular flexibility index (Phi) is 5.17. The van der Waals surface area contributed by atoms with Crippen molar-refractivity contribution in [2.24, 2.45) is 5.73 Å². The van der Waals surface area contributed by atoms with Crippen molar-refractivity contribution in [3.63, 3.8) is 0 Å². The Morgan fingerprint density at radius 2 is 1.57 bits per heavy atom. The number of primary amides is 1. The Hall–Kier alpha value is -0.463. The van der Waals surface area contributed by atoms with Gasteiger partial charge in [-0.05, 0) is 0 Å². The van der Waals surface area contributed by atoms with E-state index in [9.17, 15) is 4.79 Å². The maximum atomic E-state index is 9.26. The Balaban J connectivity index is 0. The van der Waals surface area contributed by atoms with Crippen LogP contribution in [0.15, 0.2) is 0 Å². The van der Waals surface area contributed by atoms with Crippen molar-refractivity contribution >= 4 is 11.9 Å². The number of carboxylic acids is 1. The van der Waals surface area contributed by atoms with Gasteiger partial charge in [0.15, 0.2) is 0 Å². The number of carbonyl (C=O) groups excluding carboxylic acids is 2. The third kappa shape index (κ3) is 5.54. The zero-order valence-corrected chi connectivity index (χ0v) is 3.80. The van der Waals surface area contributed by atoms with Crippen molar-refractivity contribution in [2.45, 2.75) is 0 Å². The molecular weight excluding hydrogens is 93.0 g/mol. The molecule has 0 saturated carbocycles. The van der Waals surface area contributed by atoms with Gasteiger partial charge in [0, 0.05) is 0 Å². The third-order valence-electron chi connectivity index (χ3n) is 0.201. The van der Waals surface area contributed by atoms with Crippen LogP contribution in [0.3, 0.4) is 0 Å². The van der Waals surface area contributed by atoms with Gasteiger partial charge in [-0.25, -0.2) is 0 Å². The first-order valence-electron chi connectivity index (χ1n) is 1.15. The molecule has 0 aliphatic carbocycles. The first-order chi connectivity index (χ1) is 2.64. The number of amides is 1. The average Bonchev–Trinajstić information content (AvgIpc) is 1.36. The van der Waals surface area contributed by atoms with Gasteiger partial charge in [-0.2, -0.15) is 0 Å². The normalized spacial score (nSPS) is 6.29. The van der Waals surface area contributed by atoms with E-state index in [0.717, 1.165) is 0 Å². The molecule has 0 fully saturated rings. The molecule has 0 aromatic rings. The van der Waals surface area contributed by atoms with E-state index in [2.05, 4.69) is 5.73 Å². The summed E-state index contributed by atoms with van der Waals surface area (Å²) in [7, 11) is 0. The van der Waals surface area contributed by atoms with Gasteiger partial charge in [0.05, 0.1) is 0 Å². The molecule has 0 rings (SSSR count). The number of carboxylic acid groups (broad SMARTS) is 1. The number of carbonyl (C=O) groups is 2. The van der Waals surface area contributed by atoms with Gasteiger partial charge in [0.1, 0.15) is 5.97 Å². The minimum absolute atomic E-state index is 0. The molecule has 0 unspecified atom stereocenters. The van der Waals surface area contributed by atoms with Crippen LogP contribution in [0.2, 0.25) is 0 Å². The molecular formula is C2H2LiNO3. The summed E-state index contributed by atoms with van der Waals surface area (Å²) in [6.45, 7) is 0. The second-order valence-electron chi connectivity index (χ2n) is 0.652.